The Labute approximate surface area is 114 Å². The van der Waals surface area contributed by atoms with E-state index in [2.05, 4.69) is 10.5 Å². The van der Waals surface area contributed by atoms with Crippen LogP contribution in [0.4, 0.5) is 0 Å². The van der Waals surface area contributed by atoms with E-state index in [1.807, 2.05) is 24.4 Å². The van der Waals surface area contributed by atoms with Crippen LogP contribution in [-0.2, 0) is 0 Å². The van der Waals surface area contributed by atoms with Gasteiger partial charge in [-0.15, -0.1) is 11.3 Å². The number of nitrogens with zero attached hydrogens (tertiary/aromatic N) is 1. The third-order valence-corrected chi connectivity index (χ3v) is 3.50. The molecule has 0 spiro atoms. The first-order chi connectivity index (χ1) is 8.66. The number of halogens is 1. The molecule has 0 saturated carbocycles. The summed E-state index contributed by atoms with van der Waals surface area (Å²) < 4.78 is 0. The highest BCUT2D eigenvalue weighted by Crippen LogP contribution is 2.11. The lowest BCUT2D eigenvalue weighted by atomic mass is 10.2. The molecule has 0 unspecified atom stereocenters. The van der Waals surface area contributed by atoms with Crippen molar-refractivity contribution in [3.05, 3.63) is 57.2 Å². The largest absolute Gasteiger partial charge is 0.271 e. The summed E-state index contributed by atoms with van der Waals surface area (Å²) in [6, 6.07) is 10.6. The van der Waals surface area contributed by atoms with Crippen molar-refractivity contribution in [3.8, 4) is 0 Å². The first-order valence-electron chi connectivity index (χ1n) is 5.31. The molecule has 0 aliphatic rings. The fourth-order valence-corrected chi connectivity index (χ4v) is 2.24. The van der Waals surface area contributed by atoms with Crippen molar-refractivity contribution in [2.45, 2.75) is 6.92 Å². The molecule has 0 bridgehead atoms. The van der Waals surface area contributed by atoms with Crippen LogP contribution >= 0.6 is 22.9 Å². The lowest BCUT2D eigenvalue weighted by Gasteiger charge is -2.01. The van der Waals surface area contributed by atoms with E-state index < -0.39 is 0 Å². The van der Waals surface area contributed by atoms with Crippen LogP contribution in [0.5, 0.6) is 0 Å². The van der Waals surface area contributed by atoms with Crippen molar-refractivity contribution < 1.29 is 4.79 Å². The molecule has 0 radical (unpaired) electrons. The van der Waals surface area contributed by atoms with E-state index in [0.717, 1.165) is 10.6 Å². The number of amides is 1. The molecule has 2 aromatic rings. The Morgan fingerprint density at radius 1 is 1.33 bits per heavy atom. The van der Waals surface area contributed by atoms with Crippen LogP contribution in [0.1, 0.15) is 22.2 Å². The van der Waals surface area contributed by atoms with Crippen molar-refractivity contribution in [3.63, 3.8) is 0 Å². The van der Waals surface area contributed by atoms with E-state index in [1.54, 1.807) is 35.6 Å². The molecule has 3 nitrogen and oxygen atoms in total. The summed E-state index contributed by atoms with van der Waals surface area (Å²) in [7, 11) is 0. The number of rotatable bonds is 3. The van der Waals surface area contributed by atoms with Crippen LogP contribution in [0.25, 0.3) is 0 Å². The molecular weight excluding hydrogens is 268 g/mol. The zero-order valence-corrected chi connectivity index (χ0v) is 11.3. The molecule has 18 heavy (non-hydrogen) atoms. The lowest BCUT2D eigenvalue weighted by molar-refractivity contribution is 0.0955. The summed E-state index contributed by atoms with van der Waals surface area (Å²) in [5.74, 6) is -0.270. The SMILES string of the molecule is C/C(=N\NC(=O)c1cccc(Cl)c1)c1cccs1. The van der Waals surface area contributed by atoms with E-state index in [9.17, 15) is 4.79 Å². The fraction of sp³-hybridized carbons (Fsp3) is 0.0769. The summed E-state index contributed by atoms with van der Waals surface area (Å²) in [6.45, 7) is 1.85. The van der Waals surface area contributed by atoms with Gasteiger partial charge < -0.3 is 0 Å². The second kappa shape index (κ2) is 5.80. The van der Waals surface area contributed by atoms with Gasteiger partial charge in [0.2, 0.25) is 0 Å². The van der Waals surface area contributed by atoms with Gasteiger partial charge in [-0.05, 0) is 36.6 Å². The summed E-state index contributed by atoms with van der Waals surface area (Å²) in [5, 5.41) is 6.55. The first-order valence-corrected chi connectivity index (χ1v) is 6.56. The van der Waals surface area contributed by atoms with Gasteiger partial charge in [0.05, 0.1) is 5.71 Å². The zero-order valence-electron chi connectivity index (χ0n) is 9.68. The Bertz CT molecular complexity index is 578. The molecule has 92 valence electrons. The minimum absolute atomic E-state index is 0.270. The minimum Gasteiger partial charge on any atom is -0.267 e. The van der Waals surface area contributed by atoms with Crippen LogP contribution in [0.2, 0.25) is 5.02 Å². The zero-order chi connectivity index (χ0) is 13.0. The van der Waals surface area contributed by atoms with Gasteiger partial charge in [0.25, 0.3) is 5.91 Å². The summed E-state index contributed by atoms with van der Waals surface area (Å²) in [5.41, 5.74) is 3.78. The Hall–Kier alpha value is -1.65. The minimum atomic E-state index is -0.270. The predicted molar refractivity (Wildman–Crippen MR) is 75.4 cm³/mol. The predicted octanol–water partition coefficient (Wildman–Crippen LogP) is 3.56. The maximum Gasteiger partial charge on any atom is 0.271 e. The van der Waals surface area contributed by atoms with E-state index in [-0.39, 0.29) is 5.91 Å². The average molecular weight is 279 g/mol. The molecule has 1 aromatic carbocycles. The van der Waals surface area contributed by atoms with Crippen LogP contribution in [0.15, 0.2) is 46.9 Å². The third kappa shape index (κ3) is 3.18. The highest BCUT2D eigenvalue weighted by molar-refractivity contribution is 7.12. The van der Waals surface area contributed by atoms with Crippen LogP contribution < -0.4 is 5.43 Å². The molecule has 2 rings (SSSR count). The monoisotopic (exact) mass is 278 g/mol. The number of hydrogen-bond acceptors (Lipinski definition) is 3. The molecule has 1 heterocycles. The van der Waals surface area contributed by atoms with Gasteiger partial charge in [0.1, 0.15) is 0 Å². The molecule has 1 amide bonds. The van der Waals surface area contributed by atoms with Gasteiger partial charge in [0, 0.05) is 15.5 Å². The van der Waals surface area contributed by atoms with E-state index in [0.29, 0.717) is 10.6 Å². The van der Waals surface area contributed by atoms with Gasteiger partial charge >= 0.3 is 0 Å². The van der Waals surface area contributed by atoms with E-state index in [4.69, 9.17) is 11.6 Å². The third-order valence-electron chi connectivity index (χ3n) is 2.29. The van der Waals surface area contributed by atoms with E-state index in [1.165, 1.54) is 0 Å². The Balaban J connectivity index is 2.07. The Kier molecular flexibility index (Phi) is 4.12. The van der Waals surface area contributed by atoms with Gasteiger partial charge in [-0.1, -0.05) is 23.7 Å². The average Bonchev–Trinajstić information content (AvgIpc) is 2.89. The first kappa shape index (κ1) is 12.8. The summed E-state index contributed by atoms with van der Waals surface area (Å²) in [4.78, 5) is 12.8. The molecule has 0 aliphatic heterocycles. The molecule has 0 aliphatic carbocycles. The maximum atomic E-state index is 11.8. The molecule has 0 saturated heterocycles. The fourth-order valence-electron chi connectivity index (χ4n) is 1.37. The topological polar surface area (TPSA) is 41.5 Å². The number of benzene rings is 1. The standard InChI is InChI=1S/C13H11ClN2OS/c1-9(12-6-3-7-18-12)15-16-13(17)10-4-2-5-11(14)8-10/h2-8H,1H3,(H,16,17)/b15-9+. The number of hydrazone groups is 1. The summed E-state index contributed by atoms with van der Waals surface area (Å²) in [6.07, 6.45) is 0. The van der Waals surface area contributed by atoms with Gasteiger partial charge in [-0.3, -0.25) is 4.79 Å². The summed E-state index contributed by atoms with van der Waals surface area (Å²) >= 11 is 7.40. The van der Waals surface area contributed by atoms with Crippen LogP contribution in [-0.4, -0.2) is 11.6 Å². The normalized spacial score (nSPS) is 11.3. The smallest absolute Gasteiger partial charge is 0.267 e. The number of thiophene rings is 1. The molecular formula is C13H11ClN2OS. The van der Waals surface area contributed by atoms with Gasteiger partial charge in [-0.25, -0.2) is 5.43 Å². The second-order valence-corrected chi connectivity index (χ2v) is 5.01. The number of nitrogens with one attached hydrogen (secondary N) is 1. The maximum absolute atomic E-state index is 11.8. The van der Waals surface area contributed by atoms with Crippen LogP contribution in [0, 0.1) is 0 Å². The Morgan fingerprint density at radius 3 is 2.83 bits per heavy atom. The highest BCUT2D eigenvalue weighted by Gasteiger charge is 2.05. The second-order valence-electron chi connectivity index (χ2n) is 3.63. The highest BCUT2D eigenvalue weighted by atomic mass is 35.5. The van der Waals surface area contributed by atoms with E-state index >= 15 is 0 Å². The van der Waals surface area contributed by atoms with Gasteiger partial charge in [0.15, 0.2) is 0 Å². The van der Waals surface area contributed by atoms with Crippen molar-refractivity contribution in [2.75, 3.05) is 0 Å². The number of carbonyl (C=O) groups excluding carboxylic acids is 1. The molecule has 1 aromatic heterocycles. The number of carbonyl (C=O) groups is 1. The van der Waals surface area contributed by atoms with Crippen molar-refractivity contribution in [2.24, 2.45) is 5.10 Å². The quantitative estimate of drug-likeness (QED) is 0.677. The van der Waals surface area contributed by atoms with Crippen molar-refractivity contribution >= 4 is 34.6 Å². The lowest BCUT2D eigenvalue weighted by Crippen LogP contribution is -2.19. The molecule has 0 fully saturated rings. The van der Waals surface area contributed by atoms with Crippen LogP contribution in [0.3, 0.4) is 0 Å². The van der Waals surface area contributed by atoms with Crippen molar-refractivity contribution in [1.82, 2.24) is 5.43 Å². The van der Waals surface area contributed by atoms with Crippen molar-refractivity contribution in [1.29, 1.82) is 0 Å². The Morgan fingerprint density at radius 2 is 2.17 bits per heavy atom. The molecule has 5 heteroatoms. The molecule has 1 N–H and O–H groups in total. The molecule has 0 atom stereocenters. The number of hydrogen-bond donors (Lipinski definition) is 1. The van der Waals surface area contributed by atoms with Gasteiger partial charge in [-0.2, -0.15) is 5.10 Å².